The van der Waals surface area contributed by atoms with Crippen molar-refractivity contribution in [3.63, 3.8) is 0 Å². The zero-order valence-corrected chi connectivity index (χ0v) is 14.7. The molecule has 24 heavy (non-hydrogen) atoms. The molecule has 0 bridgehead atoms. The Morgan fingerprint density at radius 2 is 2.00 bits per heavy atom. The number of imidazole rings is 1. The van der Waals surface area contributed by atoms with Gasteiger partial charge in [0.15, 0.2) is 0 Å². The minimum Gasteiger partial charge on any atom is -0.307 e. The molecule has 0 radical (unpaired) electrons. The number of aromatic nitrogens is 3. The maximum absolute atomic E-state index is 12.6. The van der Waals surface area contributed by atoms with Crippen molar-refractivity contribution in [3.05, 3.63) is 52.8 Å². The van der Waals surface area contributed by atoms with E-state index in [-0.39, 0.29) is 5.91 Å². The Morgan fingerprint density at radius 1 is 1.21 bits per heavy atom. The number of para-hydroxylation sites is 2. The van der Waals surface area contributed by atoms with Gasteiger partial charge in [0.1, 0.15) is 0 Å². The molecule has 1 fully saturated rings. The Balaban J connectivity index is 1.73. The summed E-state index contributed by atoms with van der Waals surface area (Å²) in [6.45, 7) is 0. The number of halogens is 1. The van der Waals surface area contributed by atoms with Crippen molar-refractivity contribution in [2.45, 2.75) is 31.7 Å². The molecule has 1 aliphatic rings. The highest BCUT2D eigenvalue weighted by Gasteiger charge is 2.23. The highest BCUT2D eigenvalue weighted by atomic mass is 79.9. The van der Waals surface area contributed by atoms with Crippen LogP contribution in [-0.2, 0) is 0 Å². The lowest BCUT2D eigenvalue weighted by atomic mass is 10.2. The first-order chi connectivity index (χ1) is 11.7. The highest BCUT2D eigenvalue weighted by molar-refractivity contribution is 9.10. The second-order valence-electron chi connectivity index (χ2n) is 6.08. The van der Waals surface area contributed by atoms with Gasteiger partial charge >= 0.3 is 0 Å². The molecule has 6 heteroatoms. The van der Waals surface area contributed by atoms with Crippen molar-refractivity contribution in [1.29, 1.82) is 0 Å². The zero-order valence-electron chi connectivity index (χ0n) is 13.1. The lowest BCUT2D eigenvalue weighted by Crippen LogP contribution is -2.17. The van der Waals surface area contributed by atoms with E-state index in [1.165, 1.54) is 12.8 Å². The largest absolute Gasteiger partial charge is 0.307 e. The van der Waals surface area contributed by atoms with E-state index in [2.05, 4.69) is 41.8 Å². The van der Waals surface area contributed by atoms with Crippen molar-refractivity contribution in [1.82, 2.24) is 14.5 Å². The minimum atomic E-state index is -0.196. The Labute approximate surface area is 148 Å². The molecule has 2 heterocycles. The van der Waals surface area contributed by atoms with Gasteiger partial charge in [-0.05, 0) is 47.0 Å². The first-order valence-corrected chi connectivity index (χ1v) is 8.90. The third kappa shape index (κ3) is 2.82. The van der Waals surface area contributed by atoms with Gasteiger partial charge < -0.3 is 4.57 Å². The summed E-state index contributed by atoms with van der Waals surface area (Å²) in [6, 6.07) is 10.2. The number of amides is 1. The van der Waals surface area contributed by atoms with Crippen LogP contribution >= 0.6 is 15.9 Å². The van der Waals surface area contributed by atoms with Gasteiger partial charge in [-0.25, -0.2) is 4.98 Å². The van der Waals surface area contributed by atoms with Crippen LogP contribution in [0.1, 0.15) is 42.1 Å². The van der Waals surface area contributed by atoms with Crippen molar-refractivity contribution in [2.75, 3.05) is 5.32 Å². The molecule has 1 N–H and O–H groups in total. The van der Waals surface area contributed by atoms with Crippen molar-refractivity contribution in [3.8, 4) is 0 Å². The van der Waals surface area contributed by atoms with Gasteiger partial charge in [-0.15, -0.1) is 0 Å². The van der Waals surface area contributed by atoms with E-state index in [0.717, 1.165) is 28.3 Å². The fourth-order valence-corrected chi connectivity index (χ4v) is 3.74. The van der Waals surface area contributed by atoms with Crippen molar-refractivity contribution < 1.29 is 4.79 Å². The summed E-state index contributed by atoms with van der Waals surface area (Å²) in [5, 5.41) is 2.97. The maximum Gasteiger partial charge on any atom is 0.259 e. The third-order valence-electron chi connectivity index (χ3n) is 4.48. The maximum atomic E-state index is 12.6. The second kappa shape index (κ2) is 6.36. The fourth-order valence-electron chi connectivity index (χ4n) is 3.37. The average Bonchev–Trinajstić information content (AvgIpc) is 3.21. The molecule has 0 spiro atoms. The monoisotopic (exact) mass is 384 g/mol. The van der Waals surface area contributed by atoms with Crippen LogP contribution < -0.4 is 5.32 Å². The van der Waals surface area contributed by atoms with Crippen LogP contribution in [0.4, 0.5) is 5.95 Å². The number of hydrogen-bond acceptors (Lipinski definition) is 3. The van der Waals surface area contributed by atoms with Gasteiger partial charge in [-0.1, -0.05) is 25.0 Å². The zero-order chi connectivity index (χ0) is 16.5. The van der Waals surface area contributed by atoms with Gasteiger partial charge in [-0.3, -0.25) is 15.1 Å². The summed E-state index contributed by atoms with van der Waals surface area (Å²) in [7, 11) is 0. The SMILES string of the molecule is O=C(Nc1nc2ccccc2n1C1CCCC1)c1cncc(Br)c1. The molecule has 4 rings (SSSR count). The Hall–Kier alpha value is -2.21. The Bertz CT molecular complexity index is 899. The van der Waals surface area contributed by atoms with Crippen LogP contribution in [0.2, 0.25) is 0 Å². The number of anilines is 1. The van der Waals surface area contributed by atoms with Crippen LogP contribution in [0.15, 0.2) is 47.2 Å². The number of nitrogens with zero attached hydrogens (tertiary/aromatic N) is 3. The second-order valence-corrected chi connectivity index (χ2v) is 6.99. The van der Waals surface area contributed by atoms with Gasteiger partial charge in [0.25, 0.3) is 5.91 Å². The molecule has 1 aromatic carbocycles. The minimum absolute atomic E-state index is 0.196. The van der Waals surface area contributed by atoms with Gasteiger partial charge in [0.2, 0.25) is 5.95 Å². The predicted molar refractivity (Wildman–Crippen MR) is 97.1 cm³/mol. The van der Waals surface area contributed by atoms with E-state index >= 15 is 0 Å². The first kappa shape index (κ1) is 15.3. The molecular weight excluding hydrogens is 368 g/mol. The summed E-state index contributed by atoms with van der Waals surface area (Å²) in [4.78, 5) is 21.3. The lowest BCUT2D eigenvalue weighted by molar-refractivity contribution is 0.102. The van der Waals surface area contributed by atoms with E-state index < -0.39 is 0 Å². The lowest BCUT2D eigenvalue weighted by Gasteiger charge is -2.16. The van der Waals surface area contributed by atoms with E-state index in [1.807, 2.05) is 18.2 Å². The van der Waals surface area contributed by atoms with Crippen LogP contribution in [0.25, 0.3) is 11.0 Å². The molecule has 1 saturated carbocycles. The molecule has 0 aliphatic heterocycles. The molecule has 0 saturated heterocycles. The summed E-state index contributed by atoms with van der Waals surface area (Å²) in [5.41, 5.74) is 2.49. The summed E-state index contributed by atoms with van der Waals surface area (Å²) < 4.78 is 2.96. The molecule has 5 nitrogen and oxygen atoms in total. The van der Waals surface area contributed by atoms with Crippen LogP contribution in [-0.4, -0.2) is 20.4 Å². The molecule has 0 unspecified atom stereocenters. The molecule has 0 atom stereocenters. The molecular formula is C18H17BrN4O. The normalized spacial score (nSPS) is 15.0. The average molecular weight is 385 g/mol. The van der Waals surface area contributed by atoms with E-state index in [9.17, 15) is 4.79 Å². The fraction of sp³-hybridized carbons (Fsp3) is 0.278. The third-order valence-corrected chi connectivity index (χ3v) is 4.91. The van der Waals surface area contributed by atoms with Crippen molar-refractivity contribution >= 4 is 38.8 Å². The highest BCUT2D eigenvalue weighted by Crippen LogP contribution is 2.35. The van der Waals surface area contributed by atoms with Gasteiger partial charge in [0, 0.05) is 22.9 Å². The number of carbonyl (C=O) groups excluding carboxylic acids is 1. The van der Waals surface area contributed by atoms with Crippen LogP contribution in [0, 0.1) is 0 Å². The summed E-state index contributed by atoms with van der Waals surface area (Å²) >= 11 is 3.35. The molecule has 2 aromatic heterocycles. The quantitative estimate of drug-likeness (QED) is 0.719. The van der Waals surface area contributed by atoms with Crippen LogP contribution in [0.5, 0.6) is 0 Å². The van der Waals surface area contributed by atoms with E-state index in [1.54, 1.807) is 18.5 Å². The van der Waals surface area contributed by atoms with Crippen molar-refractivity contribution in [2.24, 2.45) is 0 Å². The number of fused-ring (bicyclic) bond motifs is 1. The number of benzene rings is 1. The number of carbonyl (C=O) groups is 1. The molecule has 3 aromatic rings. The predicted octanol–water partition coefficient (Wildman–Crippen LogP) is 4.56. The van der Waals surface area contributed by atoms with Gasteiger partial charge in [0.05, 0.1) is 16.6 Å². The Kier molecular flexibility index (Phi) is 4.06. The first-order valence-electron chi connectivity index (χ1n) is 8.11. The Morgan fingerprint density at radius 3 is 2.79 bits per heavy atom. The van der Waals surface area contributed by atoms with E-state index in [0.29, 0.717) is 17.6 Å². The summed E-state index contributed by atoms with van der Waals surface area (Å²) in [5.74, 6) is 0.423. The number of pyridine rings is 1. The smallest absolute Gasteiger partial charge is 0.259 e. The van der Waals surface area contributed by atoms with Crippen LogP contribution in [0.3, 0.4) is 0 Å². The summed E-state index contributed by atoms with van der Waals surface area (Å²) in [6.07, 6.45) is 7.91. The topological polar surface area (TPSA) is 59.8 Å². The molecule has 1 amide bonds. The molecule has 1 aliphatic carbocycles. The number of rotatable bonds is 3. The van der Waals surface area contributed by atoms with Gasteiger partial charge in [-0.2, -0.15) is 0 Å². The molecule has 122 valence electrons. The number of hydrogen-bond donors (Lipinski definition) is 1. The van der Waals surface area contributed by atoms with E-state index in [4.69, 9.17) is 0 Å². The standard InChI is InChI=1S/C18H17BrN4O/c19-13-9-12(10-20-11-13)17(24)22-18-21-15-7-3-4-8-16(15)23(18)14-5-1-2-6-14/h3-4,7-11,14H,1-2,5-6H2,(H,21,22,24). The number of nitrogens with one attached hydrogen (secondary N) is 1.